The van der Waals surface area contributed by atoms with E-state index in [1.165, 1.54) is 11.1 Å². The minimum atomic E-state index is 0.0736. The fourth-order valence-corrected chi connectivity index (χ4v) is 4.58. The average molecular weight is 350 g/mol. The molecule has 2 heterocycles. The molecule has 1 amide bonds. The molecule has 136 valence electrons. The van der Waals surface area contributed by atoms with Crippen molar-refractivity contribution in [1.82, 2.24) is 10.2 Å². The molecule has 2 fully saturated rings. The van der Waals surface area contributed by atoms with E-state index >= 15 is 0 Å². The quantitative estimate of drug-likeness (QED) is 0.923. The highest BCUT2D eigenvalue weighted by Crippen LogP contribution is 2.44. The van der Waals surface area contributed by atoms with Gasteiger partial charge in [-0.3, -0.25) is 4.79 Å². The molecule has 26 heavy (non-hydrogen) atoms. The average Bonchev–Trinajstić information content (AvgIpc) is 3.23. The summed E-state index contributed by atoms with van der Waals surface area (Å²) in [5.74, 6) is 1.72. The molecule has 0 aromatic heterocycles. The van der Waals surface area contributed by atoms with Crippen LogP contribution >= 0.6 is 0 Å². The fourth-order valence-electron chi connectivity index (χ4n) is 4.58. The lowest BCUT2D eigenvalue weighted by atomic mass is 9.87. The van der Waals surface area contributed by atoms with Crippen molar-refractivity contribution in [2.45, 2.75) is 19.9 Å². The molecule has 0 bridgehead atoms. The van der Waals surface area contributed by atoms with Crippen LogP contribution in [0.15, 0.2) is 42.5 Å². The molecule has 2 aliphatic rings. The van der Waals surface area contributed by atoms with Gasteiger partial charge in [0.15, 0.2) is 0 Å². The fraction of sp³-hybridized carbons (Fsp3) is 0.409. The smallest absolute Gasteiger partial charge is 0.258 e. The Labute approximate surface area is 155 Å². The van der Waals surface area contributed by atoms with E-state index in [1.807, 2.05) is 25.1 Å². The summed E-state index contributed by atoms with van der Waals surface area (Å²) in [6.07, 6.45) is 0. The summed E-state index contributed by atoms with van der Waals surface area (Å²) in [4.78, 5) is 15.6. The van der Waals surface area contributed by atoms with Crippen LogP contribution in [0, 0.1) is 25.7 Å². The number of nitrogens with one attached hydrogen (secondary N) is 1. The summed E-state index contributed by atoms with van der Waals surface area (Å²) in [5.41, 5.74) is 4.27. The minimum Gasteiger partial charge on any atom is -0.496 e. The van der Waals surface area contributed by atoms with E-state index in [0.29, 0.717) is 23.1 Å². The van der Waals surface area contributed by atoms with Crippen LogP contribution in [0.25, 0.3) is 0 Å². The van der Waals surface area contributed by atoms with Crippen molar-refractivity contribution in [3.05, 3.63) is 64.7 Å². The Hall–Kier alpha value is -2.33. The van der Waals surface area contributed by atoms with Crippen LogP contribution in [-0.2, 0) is 0 Å². The van der Waals surface area contributed by atoms with Crippen molar-refractivity contribution in [3.8, 4) is 5.75 Å². The number of fused-ring (bicyclic) bond motifs is 1. The number of methoxy groups -OCH3 is 1. The van der Waals surface area contributed by atoms with E-state index in [2.05, 4.69) is 41.4 Å². The van der Waals surface area contributed by atoms with Crippen LogP contribution in [0.4, 0.5) is 0 Å². The highest BCUT2D eigenvalue weighted by atomic mass is 16.5. The largest absolute Gasteiger partial charge is 0.496 e. The van der Waals surface area contributed by atoms with Crippen molar-refractivity contribution < 1.29 is 9.53 Å². The van der Waals surface area contributed by atoms with Crippen LogP contribution in [-0.4, -0.2) is 37.6 Å². The summed E-state index contributed by atoms with van der Waals surface area (Å²) in [6.45, 7) is 6.91. The van der Waals surface area contributed by atoms with Crippen LogP contribution in [0.5, 0.6) is 5.75 Å². The van der Waals surface area contributed by atoms with Gasteiger partial charge in [-0.2, -0.15) is 0 Å². The second kappa shape index (κ2) is 6.76. The number of amides is 1. The maximum atomic E-state index is 13.5. The first kappa shape index (κ1) is 17.1. The van der Waals surface area contributed by atoms with Gasteiger partial charge in [0.25, 0.3) is 5.91 Å². The number of benzene rings is 2. The molecule has 0 radical (unpaired) electrons. The Kier molecular flexibility index (Phi) is 4.45. The number of ether oxygens (including phenoxy) is 1. The normalized spacial score (nSPS) is 24.6. The third-order valence-corrected chi connectivity index (χ3v) is 5.92. The molecule has 4 nitrogen and oxygen atoms in total. The first-order valence-corrected chi connectivity index (χ1v) is 9.32. The molecule has 2 saturated heterocycles. The summed E-state index contributed by atoms with van der Waals surface area (Å²) >= 11 is 0. The SMILES string of the molecule is COc1cc(C)ccc1C(=O)N1C[C@@H]2CNC[C@@H]2[C@H]1c1ccccc1C. The standard InChI is InChI=1S/C22H26N2O2/c1-14-8-9-18(20(10-14)26-3)22(25)24-13-16-11-23-12-19(16)21(24)17-7-5-4-6-15(17)2/h4-10,16,19,21,23H,11-13H2,1-3H3/t16-,19-,21+/m0/s1. The lowest BCUT2D eigenvalue weighted by molar-refractivity contribution is 0.0710. The van der Waals surface area contributed by atoms with Gasteiger partial charge in [0.05, 0.1) is 18.7 Å². The van der Waals surface area contributed by atoms with Crippen LogP contribution in [0.1, 0.15) is 33.1 Å². The molecule has 2 aromatic rings. The lowest BCUT2D eigenvalue weighted by Crippen LogP contribution is -2.35. The van der Waals surface area contributed by atoms with Crippen LogP contribution < -0.4 is 10.1 Å². The van der Waals surface area contributed by atoms with E-state index < -0.39 is 0 Å². The summed E-state index contributed by atoms with van der Waals surface area (Å²) in [6, 6.07) is 14.4. The first-order chi connectivity index (χ1) is 12.6. The molecule has 0 aliphatic carbocycles. The Morgan fingerprint density at radius 1 is 1.15 bits per heavy atom. The number of likely N-dealkylation sites (tertiary alicyclic amines) is 1. The number of carbonyl (C=O) groups is 1. The predicted octanol–water partition coefficient (Wildman–Crippen LogP) is 3.34. The van der Waals surface area contributed by atoms with E-state index in [-0.39, 0.29) is 11.9 Å². The topological polar surface area (TPSA) is 41.6 Å². The molecule has 4 heteroatoms. The zero-order valence-electron chi connectivity index (χ0n) is 15.7. The Morgan fingerprint density at radius 3 is 2.73 bits per heavy atom. The lowest BCUT2D eigenvalue weighted by Gasteiger charge is -2.30. The molecule has 1 N–H and O–H groups in total. The Morgan fingerprint density at radius 2 is 1.96 bits per heavy atom. The van der Waals surface area contributed by atoms with Gasteiger partial charge in [-0.1, -0.05) is 30.3 Å². The molecule has 2 aromatic carbocycles. The number of hydrogen-bond donors (Lipinski definition) is 1. The molecule has 0 unspecified atom stereocenters. The first-order valence-electron chi connectivity index (χ1n) is 9.32. The van der Waals surface area contributed by atoms with Gasteiger partial charge >= 0.3 is 0 Å². The molecule has 0 saturated carbocycles. The highest BCUT2D eigenvalue weighted by Gasteiger charge is 2.47. The van der Waals surface area contributed by atoms with Gasteiger partial charge in [0.2, 0.25) is 0 Å². The van der Waals surface area contributed by atoms with Crippen molar-refractivity contribution in [3.63, 3.8) is 0 Å². The Balaban J connectivity index is 1.75. The molecule has 2 aliphatic heterocycles. The predicted molar refractivity (Wildman–Crippen MR) is 103 cm³/mol. The molecule has 0 spiro atoms. The van der Waals surface area contributed by atoms with Gasteiger partial charge < -0.3 is 15.0 Å². The third-order valence-electron chi connectivity index (χ3n) is 5.92. The number of nitrogens with zero attached hydrogens (tertiary/aromatic N) is 1. The summed E-state index contributed by atoms with van der Waals surface area (Å²) in [5, 5.41) is 3.51. The van der Waals surface area contributed by atoms with Crippen molar-refractivity contribution in [2.24, 2.45) is 11.8 Å². The number of rotatable bonds is 3. The third kappa shape index (κ3) is 2.78. The molecular weight excluding hydrogens is 324 g/mol. The van der Waals surface area contributed by atoms with E-state index in [4.69, 9.17) is 4.74 Å². The van der Waals surface area contributed by atoms with E-state index in [1.54, 1.807) is 7.11 Å². The zero-order valence-corrected chi connectivity index (χ0v) is 15.7. The van der Waals surface area contributed by atoms with Gasteiger partial charge in [-0.15, -0.1) is 0 Å². The summed E-state index contributed by atoms with van der Waals surface area (Å²) < 4.78 is 5.51. The van der Waals surface area contributed by atoms with Crippen LogP contribution in [0.2, 0.25) is 0 Å². The van der Waals surface area contributed by atoms with Crippen molar-refractivity contribution in [1.29, 1.82) is 0 Å². The minimum absolute atomic E-state index is 0.0736. The zero-order chi connectivity index (χ0) is 18.3. The monoisotopic (exact) mass is 350 g/mol. The highest BCUT2D eigenvalue weighted by molar-refractivity contribution is 5.97. The van der Waals surface area contributed by atoms with Crippen molar-refractivity contribution in [2.75, 3.05) is 26.7 Å². The van der Waals surface area contributed by atoms with Crippen LogP contribution in [0.3, 0.4) is 0 Å². The van der Waals surface area contributed by atoms with Gasteiger partial charge in [0, 0.05) is 25.6 Å². The second-order valence-electron chi connectivity index (χ2n) is 7.54. The maximum Gasteiger partial charge on any atom is 0.258 e. The Bertz CT molecular complexity index is 833. The van der Waals surface area contributed by atoms with Gasteiger partial charge in [-0.25, -0.2) is 0 Å². The number of hydrogen-bond acceptors (Lipinski definition) is 3. The molecule has 3 atom stereocenters. The summed E-state index contributed by atoms with van der Waals surface area (Å²) in [7, 11) is 1.63. The second-order valence-corrected chi connectivity index (χ2v) is 7.54. The van der Waals surface area contributed by atoms with Crippen molar-refractivity contribution >= 4 is 5.91 Å². The molecule has 4 rings (SSSR count). The van der Waals surface area contributed by atoms with E-state index in [9.17, 15) is 4.79 Å². The number of carbonyl (C=O) groups excluding carboxylic acids is 1. The number of aryl methyl sites for hydroxylation is 2. The van der Waals surface area contributed by atoms with E-state index in [0.717, 1.165) is 25.2 Å². The van der Waals surface area contributed by atoms with Gasteiger partial charge in [0.1, 0.15) is 5.75 Å². The maximum absolute atomic E-state index is 13.5. The van der Waals surface area contributed by atoms with Gasteiger partial charge in [-0.05, 0) is 48.6 Å². The molecular formula is C22H26N2O2.